The average molecular weight is 220 g/mol. The number of hydrogen-bond acceptors (Lipinski definition) is 4. The van der Waals surface area contributed by atoms with Gasteiger partial charge in [-0.05, 0) is 12.5 Å². The first-order valence-corrected chi connectivity index (χ1v) is 5.33. The highest BCUT2D eigenvalue weighted by molar-refractivity contribution is 5.12. The summed E-state index contributed by atoms with van der Waals surface area (Å²) in [5, 5.41) is 11.0. The lowest BCUT2D eigenvalue weighted by Crippen LogP contribution is -2.16. The van der Waals surface area contributed by atoms with Gasteiger partial charge in [0.15, 0.2) is 0 Å². The minimum Gasteiger partial charge on any atom is -0.321 e. The fourth-order valence-electron chi connectivity index (χ4n) is 1.65. The summed E-state index contributed by atoms with van der Waals surface area (Å²) in [5.74, 6) is 0.708. The lowest BCUT2D eigenvalue weighted by Gasteiger charge is -2.07. The lowest BCUT2D eigenvalue weighted by molar-refractivity contribution is 0.615. The molecule has 6 nitrogen and oxygen atoms in total. The molecule has 0 aliphatic carbocycles. The Bertz CT molecular complexity index is 444. The third-order valence-electron chi connectivity index (χ3n) is 2.60. The van der Waals surface area contributed by atoms with Crippen LogP contribution in [-0.4, -0.2) is 25.0 Å². The maximum Gasteiger partial charge on any atom is 0.141 e. The van der Waals surface area contributed by atoms with Crippen LogP contribution in [0.5, 0.6) is 0 Å². The molecule has 3 N–H and O–H groups in total. The maximum absolute atomic E-state index is 6.02. The van der Waals surface area contributed by atoms with Crippen molar-refractivity contribution in [3.05, 3.63) is 29.6 Å². The molecule has 1 unspecified atom stereocenters. The van der Waals surface area contributed by atoms with Crippen LogP contribution in [0.25, 0.3) is 0 Å². The minimum absolute atomic E-state index is 0.164. The van der Waals surface area contributed by atoms with Crippen LogP contribution < -0.4 is 5.73 Å². The molecule has 2 heterocycles. The van der Waals surface area contributed by atoms with E-state index in [0.717, 1.165) is 17.8 Å². The summed E-state index contributed by atoms with van der Waals surface area (Å²) in [7, 11) is 1.93. The quantitative estimate of drug-likeness (QED) is 0.778. The van der Waals surface area contributed by atoms with Crippen molar-refractivity contribution in [1.29, 1.82) is 0 Å². The Labute approximate surface area is 93.9 Å². The van der Waals surface area contributed by atoms with Crippen LogP contribution in [0.1, 0.15) is 30.2 Å². The van der Waals surface area contributed by atoms with Crippen molar-refractivity contribution < 1.29 is 0 Å². The third-order valence-corrected chi connectivity index (χ3v) is 2.60. The van der Waals surface area contributed by atoms with Crippen molar-refractivity contribution in [1.82, 2.24) is 25.0 Å². The Morgan fingerprint density at radius 3 is 2.94 bits per heavy atom. The standard InChI is InChI=1S/C10H16N6/c1-3-7-4-8(16(2)15-7)5-9(11)10-12-6-13-14-10/h4,6,9H,3,5,11H2,1-2H3,(H,12,13,14). The molecule has 0 aromatic carbocycles. The Kier molecular flexibility index (Phi) is 3.00. The van der Waals surface area contributed by atoms with Crippen LogP contribution in [0.3, 0.4) is 0 Å². The Morgan fingerprint density at radius 1 is 1.56 bits per heavy atom. The molecular weight excluding hydrogens is 204 g/mol. The fraction of sp³-hybridized carbons (Fsp3) is 0.500. The van der Waals surface area contributed by atoms with Crippen LogP contribution in [-0.2, 0) is 19.9 Å². The van der Waals surface area contributed by atoms with Crippen molar-refractivity contribution in [3.8, 4) is 0 Å². The minimum atomic E-state index is -0.164. The zero-order chi connectivity index (χ0) is 11.5. The first-order valence-electron chi connectivity index (χ1n) is 5.33. The molecule has 1 atom stereocenters. The number of hydrogen-bond donors (Lipinski definition) is 2. The summed E-state index contributed by atoms with van der Waals surface area (Å²) in [6, 6.07) is 1.92. The molecule has 0 spiro atoms. The topological polar surface area (TPSA) is 85.4 Å². The highest BCUT2D eigenvalue weighted by Crippen LogP contribution is 2.12. The summed E-state index contributed by atoms with van der Waals surface area (Å²) in [4.78, 5) is 4.05. The monoisotopic (exact) mass is 220 g/mol. The van der Waals surface area contributed by atoms with Crippen molar-refractivity contribution >= 4 is 0 Å². The van der Waals surface area contributed by atoms with Gasteiger partial charge in [-0.15, -0.1) is 0 Å². The van der Waals surface area contributed by atoms with E-state index in [1.807, 2.05) is 11.7 Å². The molecule has 0 saturated heterocycles. The second-order valence-electron chi connectivity index (χ2n) is 3.79. The van der Waals surface area contributed by atoms with Crippen LogP contribution in [0.4, 0.5) is 0 Å². The number of aromatic nitrogens is 5. The maximum atomic E-state index is 6.02. The van der Waals surface area contributed by atoms with Gasteiger partial charge in [-0.1, -0.05) is 6.92 Å². The second-order valence-corrected chi connectivity index (χ2v) is 3.79. The third kappa shape index (κ3) is 2.11. The molecule has 86 valence electrons. The zero-order valence-corrected chi connectivity index (χ0v) is 9.51. The molecule has 6 heteroatoms. The molecule has 2 aromatic rings. The van der Waals surface area contributed by atoms with Crippen molar-refractivity contribution in [2.24, 2.45) is 12.8 Å². The summed E-state index contributed by atoms with van der Waals surface area (Å²) < 4.78 is 1.87. The molecular formula is C10H16N6. The fourth-order valence-corrected chi connectivity index (χ4v) is 1.65. The van der Waals surface area contributed by atoms with E-state index >= 15 is 0 Å². The number of H-pyrrole nitrogens is 1. The molecule has 2 aromatic heterocycles. The smallest absolute Gasteiger partial charge is 0.141 e. The number of rotatable bonds is 4. The Morgan fingerprint density at radius 2 is 2.38 bits per heavy atom. The van der Waals surface area contributed by atoms with Gasteiger partial charge in [0.2, 0.25) is 0 Å². The van der Waals surface area contributed by atoms with Gasteiger partial charge in [0, 0.05) is 19.2 Å². The summed E-state index contributed by atoms with van der Waals surface area (Å²) in [6.07, 6.45) is 3.11. The molecule has 2 rings (SSSR count). The molecule has 0 radical (unpaired) electrons. The van der Waals surface area contributed by atoms with Crippen LogP contribution >= 0.6 is 0 Å². The average Bonchev–Trinajstić information content (AvgIpc) is 2.88. The summed E-state index contributed by atoms with van der Waals surface area (Å²) >= 11 is 0. The van der Waals surface area contributed by atoms with Gasteiger partial charge >= 0.3 is 0 Å². The van der Waals surface area contributed by atoms with Crippen LogP contribution in [0.2, 0.25) is 0 Å². The Balaban J connectivity index is 2.11. The highest BCUT2D eigenvalue weighted by Gasteiger charge is 2.13. The lowest BCUT2D eigenvalue weighted by atomic mass is 10.1. The number of aryl methyl sites for hydroxylation is 2. The normalized spacial score (nSPS) is 12.9. The van der Waals surface area contributed by atoms with Crippen LogP contribution in [0.15, 0.2) is 12.4 Å². The predicted molar refractivity (Wildman–Crippen MR) is 59.6 cm³/mol. The van der Waals surface area contributed by atoms with E-state index in [9.17, 15) is 0 Å². The van der Waals surface area contributed by atoms with Gasteiger partial charge in [0.05, 0.1) is 11.7 Å². The van der Waals surface area contributed by atoms with E-state index in [4.69, 9.17) is 5.73 Å². The van der Waals surface area contributed by atoms with Gasteiger partial charge in [-0.2, -0.15) is 10.2 Å². The van der Waals surface area contributed by atoms with Crippen molar-refractivity contribution in [2.45, 2.75) is 25.8 Å². The van der Waals surface area contributed by atoms with E-state index in [-0.39, 0.29) is 6.04 Å². The summed E-state index contributed by atoms with van der Waals surface area (Å²) in [6.45, 7) is 2.09. The number of aromatic amines is 1. The Hall–Kier alpha value is -1.69. The first-order chi connectivity index (χ1) is 7.70. The largest absolute Gasteiger partial charge is 0.321 e. The van der Waals surface area contributed by atoms with Gasteiger partial charge in [-0.3, -0.25) is 9.78 Å². The first kappa shape index (κ1) is 10.8. The van der Waals surface area contributed by atoms with E-state index in [2.05, 4.69) is 33.3 Å². The zero-order valence-electron chi connectivity index (χ0n) is 9.51. The van der Waals surface area contributed by atoms with Gasteiger partial charge in [0.1, 0.15) is 12.2 Å². The number of nitrogens with zero attached hydrogens (tertiary/aromatic N) is 4. The predicted octanol–water partition coefficient (Wildman–Crippen LogP) is 0.343. The molecule has 0 aliphatic heterocycles. The molecule has 0 aliphatic rings. The summed E-state index contributed by atoms with van der Waals surface area (Å²) in [5.41, 5.74) is 8.21. The molecule has 0 bridgehead atoms. The van der Waals surface area contributed by atoms with E-state index in [1.54, 1.807) is 0 Å². The second kappa shape index (κ2) is 4.44. The number of nitrogens with one attached hydrogen (secondary N) is 1. The van der Waals surface area contributed by atoms with Crippen molar-refractivity contribution in [3.63, 3.8) is 0 Å². The van der Waals surface area contributed by atoms with Crippen molar-refractivity contribution in [2.75, 3.05) is 0 Å². The van der Waals surface area contributed by atoms with E-state index in [0.29, 0.717) is 12.2 Å². The SMILES string of the molecule is CCc1cc(CC(N)c2ncn[nH]2)n(C)n1. The van der Waals surface area contributed by atoms with Gasteiger partial charge in [0.25, 0.3) is 0 Å². The van der Waals surface area contributed by atoms with E-state index in [1.165, 1.54) is 6.33 Å². The molecule has 0 saturated carbocycles. The molecule has 0 fully saturated rings. The molecule has 16 heavy (non-hydrogen) atoms. The highest BCUT2D eigenvalue weighted by atomic mass is 15.3. The van der Waals surface area contributed by atoms with Crippen LogP contribution in [0, 0.1) is 0 Å². The van der Waals surface area contributed by atoms with Gasteiger partial charge in [-0.25, -0.2) is 4.98 Å². The van der Waals surface area contributed by atoms with E-state index < -0.39 is 0 Å². The van der Waals surface area contributed by atoms with Gasteiger partial charge < -0.3 is 5.73 Å². The molecule has 0 amide bonds. The number of nitrogens with two attached hydrogens (primary N) is 1.